The van der Waals surface area contributed by atoms with E-state index in [9.17, 15) is 9.59 Å². The van der Waals surface area contributed by atoms with Gasteiger partial charge in [0.2, 0.25) is 0 Å². The molecule has 0 aliphatic heterocycles. The lowest BCUT2D eigenvalue weighted by atomic mass is 10.3. The molecule has 76 valence electrons. The van der Waals surface area contributed by atoms with E-state index in [1.165, 1.54) is 4.90 Å². The number of aliphatic hydroxyl groups excluding tert-OH is 1. The van der Waals surface area contributed by atoms with Gasteiger partial charge in [-0.1, -0.05) is 0 Å². The van der Waals surface area contributed by atoms with Gasteiger partial charge in [0.05, 0.1) is 13.7 Å². The monoisotopic (exact) mass is 189 g/mol. The molecular weight excluding hydrogens is 174 g/mol. The summed E-state index contributed by atoms with van der Waals surface area (Å²) in [6, 6.07) is -0.126. The maximum absolute atomic E-state index is 11.2. The van der Waals surface area contributed by atoms with Gasteiger partial charge in [-0.3, -0.25) is 4.79 Å². The first kappa shape index (κ1) is 11.9. The Balaban J connectivity index is 4.36. The second-order valence-corrected chi connectivity index (χ2v) is 2.81. The molecule has 5 nitrogen and oxygen atoms in total. The van der Waals surface area contributed by atoms with Gasteiger partial charge in [0.1, 0.15) is 0 Å². The summed E-state index contributed by atoms with van der Waals surface area (Å²) in [4.78, 5) is 23.3. The molecule has 0 aliphatic rings. The lowest BCUT2D eigenvalue weighted by molar-refractivity contribution is -0.159. The molecule has 0 bridgehead atoms. The van der Waals surface area contributed by atoms with Crippen LogP contribution >= 0.6 is 0 Å². The Labute approximate surface area is 77.3 Å². The molecule has 0 aromatic rings. The van der Waals surface area contributed by atoms with Gasteiger partial charge >= 0.3 is 11.9 Å². The van der Waals surface area contributed by atoms with Crippen molar-refractivity contribution in [2.45, 2.75) is 19.9 Å². The molecular formula is C8H15NO4. The van der Waals surface area contributed by atoms with Gasteiger partial charge < -0.3 is 14.7 Å². The van der Waals surface area contributed by atoms with E-state index in [-0.39, 0.29) is 19.2 Å². The van der Waals surface area contributed by atoms with Gasteiger partial charge in [-0.25, -0.2) is 4.79 Å². The van der Waals surface area contributed by atoms with Crippen molar-refractivity contribution in [2.24, 2.45) is 0 Å². The molecule has 0 fully saturated rings. The summed E-state index contributed by atoms with van der Waals surface area (Å²) in [5, 5.41) is 8.64. The van der Waals surface area contributed by atoms with Gasteiger partial charge in [0, 0.05) is 12.6 Å². The van der Waals surface area contributed by atoms with Gasteiger partial charge in [-0.2, -0.15) is 0 Å². The van der Waals surface area contributed by atoms with Crippen LogP contribution < -0.4 is 0 Å². The second-order valence-electron chi connectivity index (χ2n) is 2.81. The molecule has 0 saturated carbocycles. The molecule has 0 aromatic carbocycles. The van der Waals surface area contributed by atoms with Crippen molar-refractivity contribution in [2.75, 3.05) is 20.3 Å². The third-order valence-corrected chi connectivity index (χ3v) is 1.59. The zero-order valence-electron chi connectivity index (χ0n) is 8.11. The number of ether oxygens (including phenoxy) is 1. The molecule has 0 spiro atoms. The van der Waals surface area contributed by atoms with Gasteiger partial charge in [0.25, 0.3) is 0 Å². The van der Waals surface area contributed by atoms with Crippen molar-refractivity contribution < 1.29 is 19.4 Å². The van der Waals surface area contributed by atoms with E-state index in [1.54, 1.807) is 13.8 Å². The third-order valence-electron chi connectivity index (χ3n) is 1.59. The average Bonchev–Trinajstić information content (AvgIpc) is 2.11. The van der Waals surface area contributed by atoms with Gasteiger partial charge in [-0.05, 0) is 13.8 Å². The van der Waals surface area contributed by atoms with Crippen LogP contribution in [0.4, 0.5) is 0 Å². The number of carbonyl (C=O) groups is 2. The maximum atomic E-state index is 11.2. The van der Waals surface area contributed by atoms with Crippen molar-refractivity contribution in [3.8, 4) is 0 Å². The Morgan fingerprint density at radius 1 is 1.46 bits per heavy atom. The average molecular weight is 189 g/mol. The number of nitrogens with zero attached hydrogens (tertiary/aromatic N) is 1. The lowest BCUT2D eigenvalue weighted by Gasteiger charge is -2.24. The molecule has 5 heteroatoms. The first-order valence-electron chi connectivity index (χ1n) is 4.04. The fraction of sp³-hybridized carbons (Fsp3) is 0.750. The Bertz CT molecular complexity index is 191. The Hall–Kier alpha value is -1.10. The van der Waals surface area contributed by atoms with E-state index in [0.717, 1.165) is 7.11 Å². The summed E-state index contributed by atoms with van der Waals surface area (Å²) in [5.74, 6) is -1.62. The predicted octanol–water partition coefficient (Wildman–Crippen LogP) is -0.611. The highest BCUT2D eigenvalue weighted by Gasteiger charge is 2.23. The quantitative estimate of drug-likeness (QED) is 0.475. The first-order valence-corrected chi connectivity index (χ1v) is 4.04. The van der Waals surface area contributed by atoms with Crippen LogP contribution in [0.3, 0.4) is 0 Å². The summed E-state index contributed by atoms with van der Waals surface area (Å²) < 4.78 is 4.28. The summed E-state index contributed by atoms with van der Waals surface area (Å²) in [5.41, 5.74) is 0. The molecule has 13 heavy (non-hydrogen) atoms. The fourth-order valence-electron chi connectivity index (χ4n) is 0.907. The van der Waals surface area contributed by atoms with Crippen LogP contribution in [0.25, 0.3) is 0 Å². The molecule has 0 unspecified atom stereocenters. The minimum atomic E-state index is -0.901. The molecule has 0 aliphatic carbocycles. The van der Waals surface area contributed by atoms with E-state index >= 15 is 0 Å². The number of aliphatic hydroxyl groups is 1. The predicted molar refractivity (Wildman–Crippen MR) is 46.0 cm³/mol. The normalized spacial score (nSPS) is 9.92. The van der Waals surface area contributed by atoms with Crippen molar-refractivity contribution >= 4 is 11.9 Å². The van der Waals surface area contributed by atoms with Crippen LogP contribution in [0.15, 0.2) is 0 Å². The molecule has 0 rings (SSSR count). The highest BCUT2D eigenvalue weighted by Crippen LogP contribution is 1.99. The topological polar surface area (TPSA) is 66.8 Å². The summed E-state index contributed by atoms with van der Waals surface area (Å²) in [6.07, 6.45) is 0. The number of rotatable bonds is 3. The van der Waals surface area contributed by atoms with E-state index < -0.39 is 11.9 Å². The van der Waals surface area contributed by atoms with E-state index in [4.69, 9.17) is 5.11 Å². The highest BCUT2D eigenvalue weighted by atomic mass is 16.5. The number of carbonyl (C=O) groups excluding carboxylic acids is 2. The minimum absolute atomic E-state index is 0.126. The van der Waals surface area contributed by atoms with Crippen LogP contribution in [0, 0.1) is 0 Å². The van der Waals surface area contributed by atoms with Crippen LogP contribution in [0.1, 0.15) is 13.8 Å². The molecule has 0 saturated heterocycles. The summed E-state index contributed by atoms with van der Waals surface area (Å²) in [7, 11) is 1.15. The van der Waals surface area contributed by atoms with Gasteiger partial charge in [-0.15, -0.1) is 0 Å². The number of methoxy groups -OCH3 is 1. The first-order chi connectivity index (χ1) is 6.04. The fourth-order valence-corrected chi connectivity index (χ4v) is 0.907. The summed E-state index contributed by atoms with van der Waals surface area (Å²) >= 11 is 0. The number of amides is 1. The molecule has 1 N–H and O–H groups in total. The van der Waals surface area contributed by atoms with Crippen LogP contribution in [-0.4, -0.2) is 48.2 Å². The molecule has 0 radical (unpaired) electrons. The Kier molecular flexibility index (Phi) is 5.06. The summed E-state index contributed by atoms with van der Waals surface area (Å²) in [6.45, 7) is 3.50. The SMILES string of the molecule is COC(=O)C(=O)N(CCO)C(C)C. The minimum Gasteiger partial charge on any atom is -0.462 e. The van der Waals surface area contributed by atoms with Crippen LogP contribution in [0.2, 0.25) is 0 Å². The molecule has 0 atom stereocenters. The Morgan fingerprint density at radius 3 is 2.31 bits per heavy atom. The third kappa shape index (κ3) is 3.42. The zero-order valence-corrected chi connectivity index (χ0v) is 8.11. The van der Waals surface area contributed by atoms with E-state index in [1.807, 2.05) is 0 Å². The van der Waals surface area contributed by atoms with Crippen molar-refractivity contribution in [3.63, 3.8) is 0 Å². The molecule has 0 aromatic heterocycles. The lowest BCUT2D eigenvalue weighted by Crippen LogP contribution is -2.43. The highest BCUT2D eigenvalue weighted by molar-refractivity contribution is 6.32. The van der Waals surface area contributed by atoms with Gasteiger partial charge in [0.15, 0.2) is 0 Å². The largest absolute Gasteiger partial charge is 0.462 e. The number of hydrogen-bond acceptors (Lipinski definition) is 4. The maximum Gasteiger partial charge on any atom is 0.396 e. The van der Waals surface area contributed by atoms with E-state index in [2.05, 4.69) is 4.74 Å². The standard InChI is InChI=1S/C8H15NO4/c1-6(2)9(4-5-10)7(11)8(12)13-3/h6,10H,4-5H2,1-3H3. The smallest absolute Gasteiger partial charge is 0.396 e. The zero-order chi connectivity index (χ0) is 10.4. The van der Waals surface area contributed by atoms with Crippen LogP contribution in [0.5, 0.6) is 0 Å². The second kappa shape index (κ2) is 5.53. The van der Waals surface area contributed by atoms with Crippen LogP contribution in [-0.2, 0) is 14.3 Å². The number of hydrogen-bond donors (Lipinski definition) is 1. The van der Waals surface area contributed by atoms with E-state index in [0.29, 0.717) is 0 Å². The van der Waals surface area contributed by atoms with Crippen molar-refractivity contribution in [3.05, 3.63) is 0 Å². The Morgan fingerprint density at radius 2 is 2.00 bits per heavy atom. The number of esters is 1. The molecule has 0 heterocycles. The van der Waals surface area contributed by atoms with Crippen molar-refractivity contribution in [1.82, 2.24) is 4.90 Å². The molecule has 1 amide bonds. The van der Waals surface area contributed by atoms with Crippen molar-refractivity contribution in [1.29, 1.82) is 0 Å².